The Morgan fingerprint density at radius 3 is 2.53 bits per heavy atom. The molecule has 2 aromatic carbocycles. The molecular formula is C24H26ClN7OS. The Balaban J connectivity index is 1.38. The molecule has 0 aliphatic carbocycles. The molecule has 0 fully saturated rings. The van der Waals surface area contributed by atoms with E-state index < -0.39 is 0 Å². The first-order chi connectivity index (χ1) is 16.5. The maximum absolute atomic E-state index is 12.5. The second-order valence-corrected chi connectivity index (χ2v) is 8.68. The number of rotatable bonds is 10. The lowest BCUT2D eigenvalue weighted by atomic mass is 10.2. The van der Waals surface area contributed by atoms with E-state index in [4.69, 9.17) is 28.9 Å². The number of benzene rings is 2. The Hall–Kier alpha value is -3.30. The predicted octanol–water partition coefficient (Wildman–Crippen LogP) is 4.82. The zero-order valence-electron chi connectivity index (χ0n) is 18.9. The summed E-state index contributed by atoms with van der Waals surface area (Å²) in [5, 5.41) is 12.5. The quantitative estimate of drug-likeness (QED) is 0.319. The van der Waals surface area contributed by atoms with Crippen LogP contribution in [0.15, 0.2) is 61.2 Å². The first kappa shape index (κ1) is 23.8. The number of carbonyl (C=O) groups is 1. The van der Waals surface area contributed by atoms with Crippen LogP contribution in [0.5, 0.6) is 0 Å². The number of aromatic nitrogens is 6. The monoisotopic (exact) mass is 495 g/mol. The van der Waals surface area contributed by atoms with Gasteiger partial charge in [0.25, 0.3) is 0 Å². The molecule has 1 N–H and O–H groups in total. The Morgan fingerprint density at radius 2 is 1.85 bits per heavy atom. The smallest absolute Gasteiger partial charge is 0.222 e. The molecule has 10 heteroatoms. The molecule has 0 saturated carbocycles. The lowest BCUT2D eigenvalue weighted by Crippen LogP contribution is -2.24. The van der Waals surface area contributed by atoms with E-state index in [0.29, 0.717) is 22.9 Å². The van der Waals surface area contributed by atoms with E-state index >= 15 is 0 Å². The third-order valence-electron chi connectivity index (χ3n) is 5.42. The van der Waals surface area contributed by atoms with Crippen molar-refractivity contribution < 1.29 is 4.79 Å². The van der Waals surface area contributed by atoms with Gasteiger partial charge < -0.3 is 5.32 Å². The molecule has 0 spiro atoms. The second-order valence-electron chi connectivity index (χ2n) is 7.87. The van der Waals surface area contributed by atoms with Crippen LogP contribution in [0.25, 0.3) is 17.1 Å². The SMILES string of the molecule is CCCCn1c(-c2ccc(Cl)cc2)nn(CCC(=O)NCc2ccc(-n3cncn3)cc2)c1=S. The van der Waals surface area contributed by atoms with Crippen LogP contribution in [0.1, 0.15) is 31.7 Å². The zero-order valence-corrected chi connectivity index (χ0v) is 20.5. The van der Waals surface area contributed by atoms with Crippen LogP contribution in [0.3, 0.4) is 0 Å². The minimum Gasteiger partial charge on any atom is -0.352 e. The highest BCUT2D eigenvalue weighted by Gasteiger charge is 2.14. The standard InChI is InChI=1S/C24H26ClN7OS/c1-2-3-13-30-23(19-6-8-20(25)9-7-19)29-31(24(30)34)14-12-22(33)27-15-18-4-10-21(11-5-18)32-17-26-16-28-32/h4-11,16-17H,2-3,12-15H2,1H3,(H,27,33). The highest BCUT2D eigenvalue weighted by molar-refractivity contribution is 7.71. The zero-order chi connectivity index (χ0) is 23.9. The van der Waals surface area contributed by atoms with Gasteiger partial charge in [0.1, 0.15) is 12.7 Å². The molecule has 2 heterocycles. The van der Waals surface area contributed by atoms with Crippen molar-refractivity contribution in [2.45, 2.75) is 45.8 Å². The molecule has 0 saturated heterocycles. The highest BCUT2D eigenvalue weighted by atomic mass is 35.5. The van der Waals surface area contributed by atoms with Crippen molar-refractivity contribution in [3.63, 3.8) is 0 Å². The molecular weight excluding hydrogens is 470 g/mol. The summed E-state index contributed by atoms with van der Waals surface area (Å²) >= 11 is 11.7. The first-order valence-corrected chi connectivity index (χ1v) is 12.0. The van der Waals surface area contributed by atoms with Gasteiger partial charge in [0.15, 0.2) is 10.6 Å². The van der Waals surface area contributed by atoms with E-state index in [0.717, 1.165) is 42.0 Å². The van der Waals surface area contributed by atoms with E-state index in [1.54, 1.807) is 15.7 Å². The van der Waals surface area contributed by atoms with Gasteiger partial charge in [-0.2, -0.15) is 10.2 Å². The highest BCUT2D eigenvalue weighted by Crippen LogP contribution is 2.21. The average Bonchev–Trinajstić information content (AvgIpc) is 3.50. The number of hydrogen-bond acceptors (Lipinski definition) is 5. The minimum atomic E-state index is -0.0570. The van der Waals surface area contributed by atoms with E-state index in [-0.39, 0.29) is 12.3 Å². The Morgan fingerprint density at radius 1 is 1.09 bits per heavy atom. The number of unbranched alkanes of at least 4 members (excludes halogenated alkanes) is 1. The summed E-state index contributed by atoms with van der Waals surface area (Å²) in [7, 11) is 0. The van der Waals surface area contributed by atoms with Crippen LogP contribution in [0.2, 0.25) is 5.02 Å². The van der Waals surface area contributed by atoms with Gasteiger partial charge in [-0.15, -0.1) is 0 Å². The fourth-order valence-corrected chi connectivity index (χ4v) is 3.96. The molecule has 34 heavy (non-hydrogen) atoms. The molecule has 0 aliphatic heterocycles. The normalized spacial score (nSPS) is 11.0. The number of carbonyl (C=O) groups excluding carboxylic acids is 1. The van der Waals surface area contributed by atoms with Gasteiger partial charge in [0.2, 0.25) is 5.91 Å². The summed E-state index contributed by atoms with van der Waals surface area (Å²) in [6, 6.07) is 15.4. The molecule has 0 radical (unpaired) electrons. The molecule has 0 bridgehead atoms. The fourth-order valence-electron chi connectivity index (χ4n) is 3.52. The number of aryl methyl sites for hydroxylation is 1. The third-order valence-corrected chi connectivity index (χ3v) is 6.10. The molecule has 4 rings (SSSR count). The lowest BCUT2D eigenvalue weighted by Gasteiger charge is -2.07. The molecule has 8 nitrogen and oxygen atoms in total. The molecule has 1 amide bonds. The van der Waals surface area contributed by atoms with Crippen LogP contribution >= 0.6 is 23.8 Å². The van der Waals surface area contributed by atoms with Gasteiger partial charge >= 0.3 is 0 Å². The summed E-state index contributed by atoms with van der Waals surface area (Å²) in [6.45, 7) is 3.78. The summed E-state index contributed by atoms with van der Waals surface area (Å²) in [5.74, 6) is 0.737. The number of halogens is 1. The van der Waals surface area contributed by atoms with Crippen LogP contribution in [-0.4, -0.2) is 35.0 Å². The number of amides is 1. The summed E-state index contributed by atoms with van der Waals surface area (Å²) in [5.41, 5.74) is 2.86. The molecule has 4 aromatic rings. The lowest BCUT2D eigenvalue weighted by molar-refractivity contribution is -0.121. The molecule has 2 aromatic heterocycles. The van der Waals surface area contributed by atoms with Crippen molar-refractivity contribution in [3.8, 4) is 17.1 Å². The molecule has 0 unspecified atom stereocenters. The van der Waals surface area contributed by atoms with Gasteiger partial charge in [0, 0.05) is 30.1 Å². The van der Waals surface area contributed by atoms with Gasteiger partial charge in [-0.25, -0.2) is 14.3 Å². The predicted molar refractivity (Wildman–Crippen MR) is 134 cm³/mol. The van der Waals surface area contributed by atoms with E-state index in [9.17, 15) is 4.79 Å². The number of hydrogen-bond donors (Lipinski definition) is 1. The van der Waals surface area contributed by atoms with Crippen LogP contribution < -0.4 is 5.32 Å². The van der Waals surface area contributed by atoms with Crippen molar-refractivity contribution >= 4 is 29.7 Å². The largest absolute Gasteiger partial charge is 0.352 e. The van der Waals surface area contributed by atoms with Crippen molar-refractivity contribution in [2.75, 3.05) is 0 Å². The molecule has 176 valence electrons. The van der Waals surface area contributed by atoms with Crippen molar-refractivity contribution in [2.24, 2.45) is 0 Å². The van der Waals surface area contributed by atoms with E-state index in [1.807, 2.05) is 53.1 Å². The Bertz CT molecular complexity index is 1280. The van der Waals surface area contributed by atoms with E-state index in [1.165, 1.54) is 6.33 Å². The average molecular weight is 496 g/mol. The Labute approximate surface area is 208 Å². The van der Waals surface area contributed by atoms with Gasteiger partial charge in [-0.3, -0.25) is 9.36 Å². The maximum atomic E-state index is 12.5. The molecule has 0 atom stereocenters. The third kappa shape index (κ3) is 5.78. The summed E-state index contributed by atoms with van der Waals surface area (Å²) < 4.78 is 6.08. The van der Waals surface area contributed by atoms with E-state index in [2.05, 4.69) is 22.3 Å². The van der Waals surface area contributed by atoms with Gasteiger partial charge in [-0.1, -0.05) is 37.1 Å². The van der Waals surface area contributed by atoms with Crippen molar-refractivity contribution in [1.82, 2.24) is 34.4 Å². The van der Waals surface area contributed by atoms with Gasteiger partial charge in [0.05, 0.1) is 12.2 Å². The van der Waals surface area contributed by atoms with Crippen molar-refractivity contribution in [3.05, 3.63) is 76.5 Å². The minimum absolute atomic E-state index is 0.0570. The fraction of sp³-hybridized carbons (Fsp3) is 0.292. The number of nitrogens with one attached hydrogen (secondary N) is 1. The Kier molecular flexibility index (Phi) is 7.87. The van der Waals surface area contributed by atoms with Crippen LogP contribution in [0.4, 0.5) is 0 Å². The summed E-state index contributed by atoms with van der Waals surface area (Å²) in [6.07, 6.45) is 5.47. The van der Waals surface area contributed by atoms with Crippen molar-refractivity contribution in [1.29, 1.82) is 0 Å². The topological polar surface area (TPSA) is 82.6 Å². The van der Waals surface area contributed by atoms with Gasteiger partial charge in [-0.05, 0) is 60.6 Å². The first-order valence-electron chi connectivity index (χ1n) is 11.2. The maximum Gasteiger partial charge on any atom is 0.222 e. The van der Waals surface area contributed by atoms with Crippen LogP contribution in [0, 0.1) is 4.77 Å². The second kappa shape index (κ2) is 11.2. The summed E-state index contributed by atoms with van der Waals surface area (Å²) in [4.78, 5) is 16.4. The van der Waals surface area contributed by atoms with Crippen LogP contribution in [-0.2, 0) is 24.4 Å². The molecule has 0 aliphatic rings. The number of nitrogens with zero attached hydrogens (tertiary/aromatic N) is 6.